The number of carbonyl (C=O) groups is 2. The first-order chi connectivity index (χ1) is 12.1. The predicted octanol–water partition coefficient (Wildman–Crippen LogP) is 4.34. The molecule has 0 radical (unpaired) electrons. The summed E-state index contributed by atoms with van der Waals surface area (Å²) in [4.78, 5) is 26.5. The molecular weight excluding hydrogens is 319 g/mol. The molecule has 1 N–H and O–H groups in total. The van der Waals surface area contributed by atoms with Crippen molar-refractivity contribution in [2.45, 2.75) is 26.7 Å². The van der Waals surface area contributed by atoms with Crippen molar-refractivity contribution in [3.63, 3.8) is 0 Å². The second-order valence-corrected chi connectivity index (χ2v) is 5.80. The summed E-state index contributed by atoms with van der Waals surface area (Å²) in [5.74, 6) is -0.940. The molecule has 0 aliphatic heterocycles. The lowest BCUT2D eigenvalue weighted by Gasteiger charge is -2.21. The molecule has 5 heteroatoms. The highest BCUT2D eigenvalue weighted by molar-refractivity contribution is 6.05. The minimum absolute atomic E-state index is 0.0373. The number of halogens is 1. The summed E-state index contributed by atoms with van der Waals surface area (Å²) < 4.78 is 13.6. The van der Waals surface area contributed by atoms with Gasteiger partial charge in [0.2, 0.25) is 0 Å². The molecule has 0 atom stereocenters. The van der Waals surface area contributed by atoms with Crippen LogP contribution >= 0.6 is 0 Å². The monoisotopic (exact) mass is 342 g/mol. The number of anilines is 1. The molecule has 132 valence electrons. The number of carbonyl (C=O) groups excluding carboxylic acids is 2. The molecule has 0 heterocycles. The second-order valence-electron chi connectivity index (χ2n) is 5.80. The lowest BCUT2D eigenvalue weighted by Crippen LogP contribution is -2.32. The number of hydrogen-bond donors (Lipinski definition) is 1. The average Bonchev–Trinajstić information content (AvgIpc) is 2.63. The molecule has 25 heavy (non-hydrogen) atoms. The summed E-state index contributed by atoms with van der Waals surface area (Å²) in [6.07, 6.45) is 1.80. The number of rotatable bonds is 7. The van der Waals surface area contributed by atoms with Crippen LogP contribution in [0.4, 0.5) is 10.1 Å². The number of hydrogen-bond acceptors (Lipinski definition) is 2. The van der Waals surface area contributed by atoms with Gasteiger partial charge in [-0.2, -0.15) is 0 Å². The van der Waals surface area contributed by atoms with Gasteiger partial charge in [-0.25, -0.2) is 4.39 Å². The van der Waals surface area contributed by atoms with E-state index in [0.717, 1.165) is 12.8 Å². The molecule has 0 unspecified atom stereocenters. The Morgan fingerprint density at radius 3 is 2.04 bits per heavy atom. The van der Waals surface area contributed by atoms with Gasteiger partial charge in [0, 0.05) is 24.2 Å². The SMILES string of the molecule is CCCN(CCC)C(=O)c1ccc(C(=O)Nc2ccccc2F)cc1. The van der Waals surface area contributed by atoms with Crippen LogP contribution < -0.4 is 5.32 Å². The maximum absolute atomic E-state index is 13.6. The zero-order valence-electron chi connectivity index (χ0n) is 14.6. The van der Waals surface area contributed by atoms with E-state index in [9.17, 15) is 14.0 Å². The van der Waals surface area contributed by atoms with Crippen molar-refractivity contribution < 1.29 is 14.0 Å². The van der Waals surface area contributed by atoms with Gasteiger partial charge >= 0.3 is 0 Å². The molecule has 0 saturated heterocycles. The standard InChI is InChI=1S/C20H23FN2O2/c1-3-13-23(14-4-2)20(25)16-11-9-15(10-12-16)19(24)22-18-8-6-5-7-17(18)21/h5-12H,3-4,13-14H2,1-2H3,(H,22,24). The van der Waals surface area contributed by atoms with E-state index in [-0.39, 0.29) is 11.6 Å². The zero-order valence-corrected chi connectivity index (χ0v) is 14.6. The minimum atomic E-state index is -0.488. The van der Waals surface area contributed by atoms with E-state index in [4.69, 9.17) is 0 Å². The molecule has 2 aromatic carbocycles. The predicted molar refractivity (Wildman–Crippen MR) is 97.3 cm³/mol. The molecule has 0 saturated carbocycles. The zero-order chi connectivity index (χ0) is 18.2. The Labute approximate surface area is 147 Å². The van der Waals surface area contributed by atoms with Crippen molar-refractivity contribution in [2.75, 3.05) is 18.4 Å². The van der Waals surface area contributed by atoms with Crippen LogP contribution in [0.25, 0.3) is 0 Å². The second kappa shape index (κ2) is 8.97. The quantitative estimate of drug-likeness (QED) is 0.814. The fourth-order valence-corrected chi connectivity index (χ4v) is 2.56. The summed E-state index contributed by atoms with van der Waals surface area (Å²) in [5, 5.41) is 2.53. The van der Waals surface area contributed by atoms with Gasteiger partial charge in [-0.1, -0.05) is 26.0 Å². The van der Waals surface area contributed by atoms with Crippen LogP contribution in [0.1, 0.15) is 47.4 Å². The first kappa shape index (κ1) is 18.6. The van der Waals surface area contributed by atoms with Crippen molar-refractivity contribution in [2.24, 2.45) is 0 Å². The molecule has 0 aromatic heterocycles. The van der Waals surface area contributed by atoms with E-state index < -0.39 is 11.7 Å². The van der Waals surface area contributed by atoms with Crippen LogP contribution in [-0.4, -0.2) is 29.8 Å². The Bertz CT molecular complexity index is 723. The van der Waals surface area contributed by atoms with Crippen LogP contribution in [0.5, 0.6) is 0 Å². The van der Waals surface area contributed by atoms with Gasteiger partial charge in [0.15, 0.2) is 0 Å². The van der Waals surface area contributed by atoms with Crippen molar-refractivity contribution in [1.82, 2.24) is 4.90 Å². The molecule has 0 spiro atoms. The summed E-state index contributed by atoms with van der Waals surface area (Å²) >= 11 is 0. The minimum Gasteiger partial charge on any atom is -0.339 e. The molecule has 2 aromatic rings. The first-order valence-electron chi connectivity index (χ1n) is 8.52. The van der Waals surface area contributed by atoms with E-state index in [1.165, 1.54) is 12.1 Å². The highest BCUT2D eigenvalue weighted by Crippen LogP contribution is 2.15. The Morgan fingerprint density at radius 2 is 1.48 bits per heavy atom. The maximum atomic E-state index is 13.6. The van der Waals surface area contributed by atoms with Gasteiger partial charge in [0.25, 0.3) is 11.8 Å². The highest BCUT2D eigenvalue weighted by Gasteiger charge is 2.15. The summed E-state index contributed by atoms with van der Waals surface area (Å²) in [7, 11) is 0. The largest absolute Gasteiger partial charge is 0.339 e. The van der Waals surface area contributed by atoms with Crippen molar-refractivity contribution in [3.8, 4) is 0 Å². The van der Waals surface area contributed by atoms with Gasteiger partial charge in [-0.15, -0.1) is 0 Å². The van der Waals surface area contributed by atoms with Crippen LogP contribution in [0.15, 0.2) is 48.5 Å². The van der Waals surface area contributed by atoms with Crippen LogP contribution in [0.3, 0.4) is 0 Å². The summed E-state index contributed by atoms with van der Waals surface area (Å²) in [5.41, 5.74) is 1.05. The van der Waals surface area contributed by atoms with E-state index in [1.807, 2.05) is 18.7 Å². The van der Waals surface area contributed by atoms with Crippen LogP contribution in [0, 0.1) is 5.82 Å². The Kier molecular flexibility index (Phi) is 6.69. The van der Waals surface area contributed by atoms with Gasteiger partial charge < -0.3 is 10.2 Å². The smallest absolute Gasteiger partial charge is 0.255 e. The third-order valence-corrected chi connectivity index (χ3v) is 3.79. The average molecular weight is 342 g/mol. The van der Waals surface area contributed by atoms with Crippen molar-refractivity contribution >= 4 is 17.5 Å². The fraction of sp³-hybridized carbons (Fsp3) is 0.300. The molecule has 2 amide bonds. The van der Waals surface area contributed by atoms with E-state index in [1.54, 1.807) is 36.4 Å². The number of nitrogens with zero attached hydrogens (tertiary/aromatic N) is 1. The molecule has 4 nitrogen and oxygen atoms in total. The number of para-hydroxylation sites is 1. The molecule has 0 bridgehead atoms. The normalized spacial score (nSPS) is 10.4. The van der Waals surface area contributed by atoms with Gasteiger partial charge in [-0.05, 0) is 49.2 Å². The van der Waals surface area contributed by atoms with Crippen molar-refractivity contribution in [3.05, 3.63) is 65.5 Å². The Balaban J connectivity index is 2.09. The topological polar surface area (TPSA) is 49.4 Å². The number of nitrogens with one attached hydrogen (secondary N) is 1. The summed E-state index contributed by atoms with van der Waals surface area (Å²) in [6.45, 7) is 5.49. The summed E-state index contributed by atoms with van der Waals surface area (Å²) in [6, 6.07) is 12.4. The fourth-order valence-electron chi connectivity index (χ4n) is 2.56. The number of benzene rings is 2. The molecule has 0 fully saturated rings. The lowest BCUT2D eigenvalue weighted by molar-refractivity contribution is 0.0755. The Morgan fingerprint density at radius 1 is 0.920 bits per heavy atom. The highest BCUT2D eigenvalue weighted by atomic mass is 19.1. The Hall–Kier alpha value is -2.69. The van der Waals surface area contributed by atoms with Crippen LogP contribution in [0.2, 0.25) is 0 Å². The first-order valence-corrected chi connectivity index (χ1v) is 8.52. The van der Waals surface area contributed by atoms with E-state index in [2.05, 4.69) is 5.32 Å². The van der Waals surface area contributed by atoms with Gasteiger partial charge in [0.1, 0.15) is 5.82 Å². The third kappa shape index (κ3) is 4.89. The maximum Gasteiger partial charge on any atom is 0.255 e. The van der Waals surface area contributed by atoms with Crippen molar-refractivity contribution in [1.29, 1.82) is 0 Å². The van der Waals surface area contributed by atoms with E-state index in [0.29, 0.717) is 24.2 Å². The van der Waals surface area contributed by atoms with Crippen LogP contribution in [-0.2, 0) is 0 Å². The third-order valence-electron chi connectivity index (χ3n) is 3.79. The molecule has 0 aliphatic rings. The molecule has 2 rings (SSSR count). The molecule has 0 aliphatic carbocycles. The number of amides is 2. The van der Waals surface area contributed by atoms with E-state index >= 15 is 0 Å². The molecular formula is C20H23FN2O2. The van der Waals surface area contributed by atoms with Gasteiger partial charge in [-0.3, -0.25) is 9.59 Å². The lowest BCUT2D eigenvalue weighted by atomic mass is 10.1. The van der Waals surface area contributed by atoms with Gasteiger partial charge in [0.05, 0.1) is 5.69 Å².